The Morgan fingerprint density at radius 3 is 1.94 bits per heavy atom. The van der Waals surface area contributed by atoms with Crippen LogP contribution in [0.2, 0.25) is 0 Å². The Morgan fingerprint density at radius 1 is 0.794 bits per heavy atom. The highest BCUT2D eigenvalue weighted by Gasteiger charge is 2.30. The van der Waals surface area contributed by atoms with Gasteiger partial charge in [-0.1, -0.05) is 83.3 Å². The summed E-state index contributed by atoms with van der Waals surface area (Å²) in [7, 11) is 1.63. The SMILES string of the molecule is CCCCCCCC1CCC(C2CCC(CCc3ccc(OC(CO)COC)cc3)CC2)CC1. The molecule has 1 aromatic carbocycles. The molecule has 0 saturated heterocycles. The van der Waals surface area contributed by atoms with Crippen molar-refractivity contribution < 1.29 is 14.6 Å². The molecule has 3 nitrogen and oxygen atoms in total. The minimum absolute atomic E-state index is 0.0289. The molecule has 3 rings (SSSR count). The lowest BCUT2D eigenvalue weighted by atomic mass is 9.68. The molecular formula is C31H52O3. The molecular weight excluding hydrogens is 420 g/mol. The Labute approximate surface area is 210 Å². The highest BCUT2D eigenvalue weighted by molar-refractivity contribution is 5.27. The molecule has 0 bridgehead atoms. The van der Waals surface area contributed by atoms with Gasteiger partial charge in [-0.3, -0.25) is 0 Å². The van der Waals surface area contributed by atoms with E-state index in [0.29, 0.717) is 6.61 Å². The van der Waals surface area contributed by atoms with E-state index in [1.165, 1.54) is 108 Å². The van der Waals surface area contributed by atoms with Gasteiger partial charge in [0.2, 0.25) is 0 Å². The molecule has 3 heteroatoms. The van der Waals surface area contributed by atoms with Crippen molar-refractivity contribution in [1.29, 1.82) is 0 Å². The molecule has 0 aromatic heterocycles. The Hall–Kier alpha value is -1.06. The van der Waals surface area contributed by atoms with Gasteiger partial charge in [0, 0.05) is 7.11 Å². The zero-order valence-corrected chi connectivity index (χ0v) is 22.2. The number of aliphatic hydroxyl groups is 1. The van der Waals surface area contributed by atoms with Gasteiger partial charge in [-0.2, -0.15) is 0 Å². The fourth-order valence-electron chi connectivity index (χ4n) is 6.54. The van der Waals surface area contributed by atoms with Gasteiger partial charge in [0.05, 0.1) is 13.2 Å². The number of unbranched alkanes of at least 4 members (excludes halogenated alkanes) is 4. The predicted octanol–water partition coefficient (Wildman–Crippen LogP) is 7.98. The smallest absolute Gasteiger partial charge is 0.145 e. The molecule has 2 aliphatic rings. The Balaban J connectivity index is 1.28. The van der Waals surface area contributed by atoms with Gasteiger partial charge in [0.25, 0.3) is 0 Å². The summed E-state index contributed by atoms with van der Waals surface area (Å²) in [4.78, 5) is 0. The van der Waals surface area contributed by atoms with E-state index < -0.39 is 0 Å². The lowest BCUT2D eigenvalue weighted by molar-refractivity contribution is 0.0413. The normalized spacial score (nSPS) is 26.3. The molecule has 1 unspecified atom stereocenters. The molecule has 1 N–H and O–H groups in total. The third-order valence-electron chi connectivity index (χ3n) is 8.79. The number of hydrogen-bond acceptors (Lipinski definition) is 3. The van der Waals surface area contributed by atoms with Gasteiger partial charge in [-0.05, 0) is 79.9 Å². The highest BCUT2D eigenvalue weighted by Crippen LogP contribution is 2.43. The number of benzene rings is 1. The summed E-state index contributed by atoms with van der Waals surface area (Å²) >= 11 is 0. The number of methoxy groups -OCH3 is 1. The maximum absolute atomic E-state index is 9.36. The van der Waals surface area contributed by atoms with Gasteiger partial charge < -0.3 is 14.6 Å². The van der Waals surface area contributed by atoms with Gasteiger partial charge in [0.15, 0.2) is 0 Å². The fraction of sp³-hybridized carbons (Fsp3) is 0.806. The first-order chi connectivity index (χ1) is 16.7. The molecule has 0 amide bonds. The van der Waals surface area contributed by atoms with Crippen molar-refractivity contribution in [3.63, 3.8) is 0 Å². The van der Waals surface area contributed by atoms with E-state index in [4.69, 9.17) is 9.47 Å². The van der Waals surface area contributed by atoms with Gasteiger partial charge in [0.1, 0.15) is 11.9 Å². The number of aryl methyl sites for hydroxylation is 1. The van der Waals surface area contributed by atoms with Crippen molar-refractivity contribution in [3.05, 3.63) is 29.8 Å². The lowest BCUT2D eigenvalue weighted by Gasteiger charge is -2.38. The molecule has 194 valence electrons. The summed E-state index contributed by atoms with van der Waals surface area (Å²) in [5.41, 5.74) is 1.40. The topological polar surface area (TPSA) is 38.7 Å². The van der Waals surface area contributed by atoms with Crippen molar-refractivity contribution in [3.8, 4) is 5.75 Å². The van der Waals surface area contributed by atoms with Crippen LogP contribution >= 0.6 is 0 Å². The standard InChI is InChI=1S/C31H52O3/c1-3-4-5-6-7-8-25-11-17-28(18-12-25)29-19-13-26(14-20-29)9-10-27-15-21-30(22-16-27)34-31(23-32)24-33-2/h15-16,21-22,25-26,28-29,31-32H,3-14,17-20,23-24H2,1-2H3. The Morgan fingerprint density at radius 2 is 1.38 bits per heavy atom. The minimum atomic E-state index is -0.295. The van der Waals surface area contributed by atoms with E-state index in [1.54, 1.807) is 7.11 Å². The van der Waals surface area contributed by atoms with Gasteiger partial charge in [-0.25, -0.2) is 0 Å². The average Bonchev–Trinajstić information content (AvgIpc) is 2.88. The summed E-state index contributed by atoms with van der Waals surface area (Å²) in [6.07, 6.45) is 22.8. The van der Waals surface area contributed by atoms with Crippen LogP contribution in [0.25, 0.3) is 0 Å². The first-order valence-corrected chi connectivity index (χ1v) is 14.6. The molecule has 0 radical (unpaired) electrons. The molecule has 2 saturated carbocycles. The van der Waals surface area contributed by atoms with Crippen LogP contribution in [0.4, 0.5) is 0 Å². The molecule has 2 aliphatic carbocycles. The van der Waals surface area contributed by atoms with Crippen molar-refractivity contribution >= 4 is 0 Å². The average molecular weight is 473 g/mol. The molecule has 34 heavy (non-hydrogen) atoms. The summed E-state index contributed by atoms with van der Waals surface area (Å²) in [6, 6.07) is 8.44. The minimum Gasteiger partial charge on any atom is -0.486 e. The van der Waals surface area contributed by atoms with Crippen molar-refractivity contribution in [2.75, 3.05) is 20.3 Å². The highest BCUT2D eigenvalue weighted by atomic mass is 16.5. The molecule has 0 heterocycles. The number of ether oxygens (including phenoxy) is 2. The zero-order valence-electron chi connectivity index (χ0n) is 22.2. The second-order valence-corrected chi connectivity index (χ2v) is 11.3. The number of aliphatic hydroxyl groups excluding tert-OH is 1. The first kappa shape index (κ1) is 27.5. The second kappa shape index (κ2) is 15.8. The van der Waals surface area contributed by atoms with E-state index in [-0.39, 0.29) is 12.7 Å². The van der Waals surface area contributed by atoms with Crippen LogP contribution in [0.5, 0.6) is 5.75 Å². The lowest BCUT2D eigenvalue weighted by Crippen LogP contribution is -2.26. The second-order valence-electron chi connectivity index (χ2n) is 11.3. The van der Waals surface area contributed by atoms with Crippen LogP contribution in [0.3, 0.4) is 0 Å². The van der Waals surface area contributed by atoms with E-state index in [2.05, 4.69) is 19.1 Å². The van der Waals surface area contributed by atoms with Crippen molar-refractivity contribution in [1.82, 2.24) is 0 Å². The number of rotatable bonds is 15. The zero-order chi connectivity index (χ0) is 24.0. The first-order valence-electron chi connectivity index (χ1n) is 14.6. The summed E-state index contributed by atoms with van der Waals surface area (Å²) < 4.78 is 10.9. The van der Waals surface area contributed by atoms with E-state index >= 15 is 0 Å². The summed E-state index contributed by atoms with van der Waals surface area (Å²) in [6.45, 7) is 2.68. The molecule has 0 spiro atoms. The van der Waals surface area contributed by atoms with Crippen molar-refractivity contribution in [2.45, 2.75) is 116 Å². The monoisotopic (exact) mass is 472 g/mol. The largest absolute Gasteiger partial charge is 0.486 e. The fourth-order valence-corrected chi connectivity index (χ4v) is 6.54. The molecule has 0 aliphatic heterocycles. The van der Waals surface area contributed by atoms with Crippen molar-refractivity contribution in [2.24, 2.45) is 23.7 Å². The third-order valence-corrected chi connectivity index (χ3v) is 8.79. The maximum Gasteiger partial charge on any atom is 0.145 e. The van der Waals surface area contributed by atoms with Crippen LogP contribution in [-0.2, 0) is 11.2 Å². The summed E-state index contributed by atoms with van der Waals surface area (Å²) in [5, 5.41) is 9.36. The molecule has 1 aromatic rings. The molecule has 2 fully saturated rings. The maximum atomic E-state index is 9.36. The Kier molecular flexibility index (Phi) is 12.8. The third kappa shape index (κ3) is 9.53. The Bertz CT molecular complexity index is 627. The van der Waals surface area contributed by atoms with Crippen LogP contribution in [0, 0.1) is 23.7 Å². The quantitative estimate of drug-likeness (QED) is 0.263. The predicted molar refractivity (Wildman–Crippen MR) is 142 cm³/mol. The van der Waals surface area contributed by atoms with Crippen LogP contribution < -0.4 is 4.74 Å². The van der Waals surface area contributed by atoms with Gasteiger partial charge >= 0.3 is 0 Å². The van der Waals surface area contributed by atoms with Gasteiger partial charge in [-0.15, -0.1) is 0 Å². The van der Waals surface area contributed by atoms with E-state index in [1.807, 2.05) is 12.1 Å². The van der Waals surface area contributed by atoms with Crippen LogP contribution in [0.15, 0.2) is 24.3 Å². The van der Waals surface area contributed by atoms with E-state index in [0.717, 1.165) is 29.4 Å². The summed E-state index contributed by atoms with van der Waals surface area (Å²) in [5.74, 6) is 4.81. The molecule has 1 atom stereocenters. The van der Waals surface area contributed by atoms with Crippen LogP contribution in [-0.4, -0.2) is 31.5 Å². The van der Waals surface area contributed by atoms with E-state index in [9.17, 15) is 5.11 Å². The number of hydrogen-bond donors (Lipinski definition) is 1. The van der Waals surface area contributed by atoms with Crippen LogP contribution in [0.1, 0.15) is 109 Å².